The van der Waals surface area contributed by atoms with Crippen molar-refractivity contribution in [3.63, 3.8) is 0 Å². The van der Waals surface area contributed by atoms with Gasteiger partial charge < -0.3 is 19.9 Å². The zero-order valence-corrected chi connectivity index (χ0v) is 16.7. The van der Waals surface area contributed by atoms with Gasteiger partial charge in [0.05, 0.1) is 11.8 Å². The lowest BCUT2D eigenvalue weighted by atomic mass is 10.2. The van der Waals surface area contributed by atoms with E-state index in [4.69, 9.17) is 21.9 Å². The van der Waals surface area contributed by atoms with Gasteiger partial charge in [-0.15, -0.1) is 11.3 Å². The summed E-state index contributed by atoms with van der Waals surface area (Å²) < 4.78 is 18.7. The largest absolute Gasteiger partial charge is 0.376 e. The molecule has 2 aliphatic heterocycles. The van der Waals surface area contributed by atoms with Crippen molar-refractivity contribution in [1.29, 1.82) is 0 Å². The van der Waals surface area contributed by atoms with Gasteiger partial charge in [0.1, 0.15) is 5.82 Å². The summed E-state index contributed by atoms with van der Waals surface area (Å²) in [6.45, 7) is 5.19. The van der Waals surface area contributed by atoms with Gasteiger partial charge in [-0.05, 0) is 49.3 Å². The summed E-state index contributed by atoms with van der Waals surface area (Å²) in [5.74, 6) is -0.227. The molecule has 2 aromatic rings. The van der Waals surface area contributed by atoms with Gasteiger partial charge in [-0.1, -0.05) is 0 Å². The summed E-state index contributed by atoms with van der Waals surface area (Å²) >= 11 is 7.17. The van der Waals surface area contributed by atoms with Gasteiger partial charge in [0.25, 0.3) is 0 Å². The third-order valence-corrected chi connectivity index (χ3v) is 6.28. The highest BCUT2D eigenvalue weighted by Gasteiger charge is 2.22. The Morgan fingerprint density at radius 3 is 2.74 bits per heavy atom. The standard InChI is InChI=1S/C19H23FN4OS2/c20-15-5-3-14(4-6-15)17-13-27-19(22-17)24-9-7-23(8-10-24)18(26)21-12-16-2-1-11-25-16/h3-6,13,16H,1-2,7-12H2,(H,21,26)/t16-/m0/s1. The number of hydrogen-bond donors (Lipinski definition) is 1. The van der Waals surface area contributed by atoms with Crippen molar-refractivity contribution in [2.75, 3.05) is 44.2 Å². The second-order valence-corrected chi connectivity index (χ2v) is 8.04. The molecule has 4 rings (SSSR count). The molecule has 2 saturated heterocycles. The van der Waals surface area contributed by atoms with Crippen LogP contribution in [0.4, 0.5) is 9.52 Å². The smallest absolute Gasteiger partial charge is 0.185 e. The van der Waals surface area contributed by atoms with E-state index >= 15 is 0 Å². The van der Waals surface area contributed by atoms with E-state index in [0.29, 0.717) is 6.10 Å². The van der Waals surface area contributed by atoms with E-state index in [9.17, 15) is 4.39 Å². The molecule has 1 aromatic carbocycles. The molecule has 1 aromatic heterocycles. The minimum Gasteiger partial charge on any atom is -0.376 e. The second kappa shape index (κ2) is 8.50. The van der Waals surface area contributed by atoms with Crippen molar-refractivity contribution in [2.45, 2.75) is 18.9 Å². The van der Waals surface area contributed by atoms with E-state index in [2.05, 4.69) is 15.1 Å². The Kier molecular flexibility index (Phi) is 5.85. The fourth-order valence-corrected chi connectivity index (χ4v) is 4.54. The van der Waals surface area contributed by atoms with Crippen molar-refractivity contribution in [1.82, 2.24) is 15.2 Å². The summed E-state index contributed by atoms with van der Waals surface area (Å²) in [6.07, 6.45) is 2.56. The first-order chi connectivity index (χ1) is 13.2. The minimum absolute atomic E-state index is 0.227. The number of benzene rings is 1. The molecular formula is C19H23FN4OS2. The van der Waals surface area contributed by atoms with Crippen LogP contribution in [0.5, 0.6) is 0 Å². The molecule has 3 heterocycles. The molecule has 0 bridgehead atoms. The van der Waals surface area contributed by atoms with Crippen molar-refractivity contribution in [2.24, 2.45) is 0 Å². The minimum atomic E-state index is -0.227. The number of anilines is 1. The molecule has 0 aliphatic carbocycles. The summed E-state index contributed by atoms with van der Waals surface area (Å²) in [5, 5.41) is 7.20. The number of aromatic nitrogens is 1. The van der Waals surface area contributed by atoms with Gasteiger partial charge in [-0.3, -0.25) is 0 Å². The van der Waals surface area contributed by atoms with Crippen LogP contribution >= 0.6 is 23.6 Å². The SMILES string of the molecule is Fc1ccc(-c2csc(N3CCN(C(=S)NC[C@@H]4CCCO4)CC3)n2)cc1. The zero-order valence-electron chi connectivity index (χ0n) is 15.1. The second-order valence-electron chi connectivity index (χ2n) is 6.82. The van der Waals surface area contributed by atoms with E-state index in [0.717, 1.165) is 73.7 Å². The van der Waals surface area contributed by atoms with Crippen LogP contribution in [0.3, 0.4) is 0 Å². The van der Waals surface area contributed by atoms with E-state index in [-0.39, 0.29) is 5.82 Å². The molecular weight excluding hydrogens is 383 g/mol. The Hall–Kier alpha value is -1.77. The van der Waals surface area contributed by atoms with E-state index in [1.54, 1.807) is 23.5 Å². The molecule has 8 heteroatoms. The fraction of sp³-hybridized carbons (Fsp3) is 0.474. The number of thiazole rings is 1. The number of ether oxygens (including phenoxy) is 1. The predicted molar refractivity (Wildman–Crippen MR) is 111 cm³/mol. The maximum atomic E-state index is 13.1. The zero-order chi connectivity index (χ0) is 18.6. The summed E-state index contributed by atoms with van der Waals surface area (Å²) in [5.41, 5.74) is 1.84. The van der Waals surface area contributed by atoms with Crippen molar-refractivity contribution >= 4 is 33.8 Å². The van der Waals surface area contributed by atoms with Crippen molar-refractivity contribution in [3.8, 4) is 11.3 Å². The van der Waals surface area contributed by atoms with Crippen LogP contribution < -0.4 is 10.2 Å². The molecule has 2 fully saturated rings. The lowest BCUT2D eigenvalue weighted by molar-refractivity contribution is 0.113. The number of piperazine rings is 1. The Bertz CT molecular complexity index is 768. The molecule has 27 heavy (non-hydrogen) atoms. The highest BCUT2D eigenvalue weighted by Crippen LogP contribution is 2.28. The van der Waals surface area contributed by atoms with Crippen LogP contribution in [0.1, 0.15) is 12.8 Å². The van der Waals surface area contributed by atoms with E-state index in [1.807, 2.05) is 5.38 Å². The molecule has 0 saturated carbocycles. The normalized spacial score (nSPS) is 20.1. The van der Waals surface area contributed by atoms with Crippen LogP contribution in [0.25, 0.3) is 11.3 Å². The molecule has 0 amide bonds. The van der Waals surface area contributed by atoms with Crippen LogP contribution in [0.2, 0.25) is 0 Å². The average molecular weight is 407 g/mol. The van der Waals surface area contributed by atoms with Crippen LogP contribution in [0.15, 0.2) is 29.6 Å². The van der Waals surface area contributed by atoms with Gasteiger partial charge in [0.15, 0.2) is 10.2 Å². The topological polar surface area (TPSA) is 40.6 Å². The first kappa shape index (κ1) is 18.6. The quantitative estimate of drug-likeness (QED) is 0.787. The van der Waals surface area contributed by atoms with E-state index < -0.39 is 0 Å². The molecule has 5 nitrogen and oxygen atoms in total. The summed E-state index contributed by atoms with van der Waals surface area (Å²) in [6, 6.07) is 6.48. The third kappa shape index (κ3) is 4.56. The highest BCUT2D eigenvalue weighted by molar-refractivity contribution is 7.80. The molecule has 0 radical (unpaired) electrons. The molecule has 144 valence electrons. The predicted octanol–water partition coefficient (Wildman–Crippen LogP) is 3.12. The summed E-state index contributed by atoms with van der Waals surface area (Å²) in [7, 11) is 0. The lowest BCUT2D eigenvalue weighted by Crippen LogP contribution is -2.52. The Balaban J connectivity index is 1.29. The molecule has 2 aliphatic rings. The van der Waals surface area contributed by atoms with Crippen LogP contribution in [-0.2, 0) is 4.74 Å². The molecule has 0 unspecified atom stereocenters. The van der Waals surface area contributed by atoms with Gasteiger partial charge in [0, 0.05) is 50.3 Å². The fourth-order valence-electron chi connectivity index (χ4n) is 3.38. The number of thiocarbonyl (C=S) groups is 1. The first-order valence-electron chi connectivity index (χ1n) is 9.30. The van der Waals surface area contributed by atoms with Crippen molar-refractivity contribution in [3.05, 3.63) is 35.5 Å². The number of nitrogens with zero attached hydrogens (tertiary/aromatic N) is 3. The molecule has 0 spiro atoms. The third-order valence-electron chi connectivity index (χ3n) is 4.97. The van der Waals surface area contributed by atoms with Crippen LogP contribution in [0, 0.1) is 5.82 Å². The van der Waals surface area contributed by atoms with Gasteiger partial charge in [-0.2, -0.15) is 0 Å². The van der Waals surface area contributed by atoms with Crippen molar-refractivity contribution < 1.29 is 9.13 Å². The van der Waals surface area contributed by atoms with Crippen LogP contribution in [-0.4, -0.2) is 60.4 Å². The maximum Gasteiger partial charge on any atom is 0.185 e. The number of rotatable bonds is 4. The first-order valence-corrected chi connectivity index (χ1v) is 10.6. The molecule has 1 atom stereocenters. The number of hydrogen-bond acceptors (Lipinski definition) is 5. The maximum absolute atomic E-state index is 13.1. The highest BCUT2D eigenvalue weighted by atomic mass is 32.1. The van der Waals surface area contributed by atoms with Gasteiger partial charge >= 0.3 is 0 Å². The number of nitrogens with one attached hydrogen (secondary N) is 1. The van der Waals surface area contributed by atoms with Gasteiger partial charge in [-0.25, -0.2) is 9.37 Å². The average Bonchev–Trinajstić information content (AvgIpc) is 3.39. The lowest BCUT2D eigenvalue weighted by Gasteiger charge is -2.36. The monoisotopic (exact) mass is 406 g/mol. The van der Waals surface area contributed by atoms with E-state index in [1.165, 1.54) is 12.1 Å². The summed E-state index contributed by atoms with van der Waals surface area (Å²) in [4.78, 5) is 9.24. The Labute approximate surface area is 168 Å². The number of halogens is 1. The van der Waals surface area contributed by atoms with Gasteiger partial charge in [0.2, 0.25) is 0 Å². The Morgan fingerprint density at radius 1 is 1.26 bits per heavy atom. The Morgan fingerprint density at radius 2 is 2.04 bits per heavy atom. The molecule has 1 N–H and O–H groups in total.